The third-order valence-electron chi connectivity index (χ3n) is 4.97. The number of aryl methyl sites for hydroxylation is 1. The van der Waals surface area contributed by atoms with Gasteiger partial charge in [-0.05, 0) is 37.8 Å². The summed E-state index contributed by atoms with van der Waals surface area (Å²) in [6.45, 7) is 5.83. The Morgan fingerprint density at radius 2 is 2.10 bits per heavy atom. The number of carbonyl (C=O) groups excluding carboxylic acids is 1. The van der Waals surface area contributed by atoms with E-state index in [2.05, 4.69) is 45.5 Å². The van der Waals surface area contributed by atoms with Crippen LogP contribution in [-0.4, -0.2) is 52.5 Å². The Hall–Kier alpha value is -1.55. The highest BCUT2D eigenvalue weighted by atomic mass is 127. The average molecular weight is 533 g/mol. The highest BCUT2D eigenvalue weighted by Gasteiger charge is 2.17. The van der Waals surface area contributed by atoms with Crippen molar-refractivity contribution < 1.29 is 19.0 Å². The first kappa shape index (κ1) is 26.5. The molecule has 170 valence electrons. The van der Waals surface area contributed by atoms with Gasteiger partial charge in [-0.3, -0.25) is 9.79 Å². The summed E-state index contributed by atoms with van der Waals surface area (Å²) in [5.41, 5.74) is 2.29. The van der Waals surface area contributed by atoms with Crippen LogP contribution in [0.1, 0.15) is 43.2 Å². The number of carbonyl (C=O) groups is 1. The molecule has 2 rings (SSSR count). The third-order valence-corrected chi connectivity index (χ3v) is 4.97. The molecule has 1 atom stereocenters. The molecule has 1 aromatic carbocycles. The number of methoxy groups -OCH3 is 1. The molecule has 1 aromatic rings. The monoisotopic (exact) mass is 533 g/mol. The molecular formula is C22H36IN3O4. The summed E-state index contributed by atoms with van der Waals surface area (Å²) in [6, 6.07) is 6.28. The lowest BCUT2D eigenvalue weighted by atomic mass is 10.1. The van der Waals surface area contributed by atoms with E-state index in [1.54, 1.807) is 7.05 Å². The number of nitrogens with one attached hydrogen (secondary N) is 2. The molecular weight excluding hydrogens is 497 g/mol. The summed E-state index contributed by atoms with van der Waals surface area (Å²) < 4.78 is 16.2. The van der Waals surface area contributed by atoms with Gasteiger partial charge >= 0.3 is 5.97 Å². The second-order valence-electron chi connectivity index (χ2n) is 7.39. The van der Waals surface area contributed by atoms with Crippen LogP contribution in [0.4, 0.5) is 0 Å². The van der Waals surface area contributed by atoms with Crippen LogP contribution in [-0.2, 0) is 20.8 Å². The Morgan fingerprint density at radius 1 is 1.27 bits per heavy atom. The zero-order valence-corrected chi connectivity index (χ0v) is 20.7. The van der Waals surface area contributed by atoms with Crippen molar-refractivity contribution in [3.05, 3.63) is 29.3 Å². The number of hydrogen-bond donors (Lipinski definition) is 2. The standard InChI is InChI=1S/C22H35N3O4.HI/c1-17-8-9-19(20(13-17)29-16-18-10-12-28-15-18)14-25-22(23-2)24-11-6-4-5-7-21(26)27-3;/h8-9,13,18H,4-7,10-12,14-16H2,1-3H3,(H2,23,24,25);1H. The number of nitrogens with zero attached hydrogens (tertiary/aromatic N) is 1. The molecule has 7 nitrogen and oxygen atoms in total. The smallest absolute Gasteiger partial charge is 0.305 e. The molecule has 0 saturated carbocycles. The summed E-state index contributed by atoms with van der Waals surface area (Å²) in [5.74, 6) is 2.01. The molecule has 0 radical (unpaired) electrons. The maximum Gasteiger partial charge on any atom is 0.305 e. The van der Waals surface area contributed by atoms with Crippen LogP contribution in [0.2, 0.25) is 0 Å². The molecule has 0 aliphatic carbocycles. The lowest BCUT2D eigenvalue weighted by molar-refractivity contribution is -0.140. The van der Waals surface area contributed by atoms with Gasteiger partial charge in [0.1, 0.15) is 5.75 Å². The van der Waals surface area contributed by atoms with Crippen molar-refractivity contribution in [2.45, 2.75) is 45.6 Å². The van der Waals surface area contributed by atoms with Gasteiger partial charge in [-0.1, -0.05) is 18.6 Å². The fraction of sp³-hybridized carbons (Fsp3) is 0.636. The molecule has 0 bridgehead atoms. The van der Waals surface area contributed by atoms with E-state index in [0.29, 0.717) is 25.5 Å². The normalized spacial score (nSPS) is 16.0. The number of esters is 1. The van der Waals surface area contributed by atoms with Crippen LogP contribution >= 0.6 is 24.0 Å². The lowest BCUT2D eigenvalue weighted by Gasteiger charge is -2.17. The van der Waals surface area contributed by atoms with Crippen LogP contribution in [0.25, 0.3) is 0 Å². The zero-order valence-electron chi connectivity index (χ0n) is 18.4. The molecule has 0 amide bonds. The quantitative estimate of drug-likeness (QED) is 0.149. The first-order valence-electron chi connectivity index (χ1n) is 10.4. The van der Waals surface area contributed by atoms with Crippen LogP contribution in [0, 0.1) is 12.8 Å². The minimum Gasteiger partial charge on any atom is -0.493 e. The van der Waals surface area contributed by atoms with E-state index in [1.807, 2.05) is 0 Å². The molecule has 1 fully saturated rings. The third kappa shape index (κ3) is 9.97. The van der Waals surface area contributed by atoms with Crippen molar-refractivity contribution in [2.24, 2.45) is 10.9 Å². The number of hydrogen-bond acceptors (Lipinski definition) is 5. The topological polar surface area (TPSA) is 81.2 Å². The van der Waals surface area contributed by atoms with Gasteiger partial charge in [0.15, 0.2) is 5.96 Å². The molecule has 1 aliphatic rings. The molecule has 0 spiro atoms. The zero-order chi connectivity index (χ0) is 20.9. The first-order chi connectivity index (χ1) is 14.1. The van der Waals surface area contributed by atoms with E-state index in [0.717, 1.165) is 62.7 Å². The SMILES string of the molecule is CN=C(NCCCCCC(=O)OC)NCc1ccc(C)cc1OCC1CCOC1.I. The Morgan fingerprint density at radius 3 is 2.80 bits per heavy atom. The van der Waals surface area contributed by atoms with E-state index in [4.69, 9.17) is 9.47 Å². The van der Waals surface area contributed by atoms with Gasteiger partial charge in [0.2, 0.25) is 0 Å². The van der Waals surface area contributed by atoms with Gasteiger partial charge in [-0.25, -0.2) is 0 Å². The van der Waals surface area contributed by atoms with Crippen molar-refractivity contribution in [1.82, 2.24) is 10.6 Å². The summed E-state index contributed by atoms with van der Waals surface area (Å²) >= 11 is 0. The number of aliphatic imine (C=N–C) groups is 1. The Kier molecular flexibility index (Phi) is 13.5. The van der Waals surface area contributed by atoms with Gasteiger partial charge in [0, 0.05) is 44.6 Å². The summed E-state index contributed by atoms with van der Waals surface area (Å²) in [6.07, 6.45) is 4.33. The highest BCUT2D eigenvalue weighted by molar-refractivity contribution is 14.0. The van der Waals surface area contributed by atoms with Gasteiger partial charge in [-0.15, -0.1) is 24.0 Å². The number of benzene rings is 1. The number of ether oxygens (including phenoxy) is 3. The maximum atomic E-state index is 11.1. The highest BCUT2D eigenvalue weighted by Crippen LogP contribution is 2.22. The van der Waals surface area contributed by atoms with Crippen LogP contribution in [0.5, 0.6) is 5.75 Å². The van der Waals surface area contributed by atoms with Crippen LogP contribution in [0.15, 0.2) is 23.2 Å². The number of guanidine groups is 1. The minimum absolute atomic E-state index is 0. The van der Waals surface area contributed by atoms with Crippen molar-refractivity contribution in [1.29, 1.82) is 0 Å². The fourth-order valence-electron chi connectivity index (χ4n) is 3.14. The van der Waals surface area contributed by atoms with E-state index >= 15 is 0 Å². The predicted octanol–water partition coefficient (Wildman–Crippen LogP) is 3.43. The Balaban J connectivity index is 0.00000450. The molecule has 30 heavy (non-hydrogen) atoms. The molecule has 8 heteroatoms. The Bertz CT molecular complexity index is 664. The first-order valence-corrected chi connectivity index (χ1v) is 10.4. The van der Waals surface area contributed by atoms with Gasteiger partial charge in [0.25, 0.3) is 0 Å². The summed E-state index contributed by atoms with van der Waals surface area (Å²) in [7, 11) is 3.19. The predicted molar refractivity (Wildman–Crippen MR) is 130 cm³/mol. The molecule has 0 aromatic heterocycles. The van der Waals surface area contributed by atoms with Crippen molar-refractivity contribution in [3.8, 4) is 5.75 Å². The van der Waals surface area contributed by atoms with E-state index < -0.39 is 0 Å². The van der Waals surface area contributed by atoms with Crippen LogP contribution < -0.4 is 15.4 Å². The summed E-state index contributed by atoms with van der Waals surface area (Å²) in [4.78, 5) is 15.4. The van der Waals surface area contributed by atoms with E-state index in [1.165, 1.54) is 12.7 Å². The second kappa shape index (κ2) is 15.3. The molecule has 1 unspecified atom stereocenters. The molecule has 1 aliphatic heterocycles. The number of rotatable bonds is 11. The fourth-order valence-corrected chi connectivity index (χ4v) is 3.14. The minimum atomic E-state index is -0.146. The lowest BCUT2D eigenvalue weighted by Crippen LogP contribution is -2.37. The summed E-state index contributed by atoms with van der Waals surface area (Å²) in [5, 5.41) is 6.67. The number of halogens is 1. The number of unbranched alkanes of at least 4 members (excludes halogenated alkanes) is 2. The maximum absolute atomic E-state index is 11.1. The molecule has 1 saturated heterocycles. The van der Waals surface area contributed by atoms with E-state index in [-0.39, 0.29) is 29.9 Å². The van der Waals surface area contributed by atoms with Crippen molar-refractivity contribution in [3.63, 3.8) is 0 Å². The van der Waals surface area contributed by atoms with Gasteiger partial charge < -0.3 is 24.8 Å². The Labute approximate surface area is 197 Å². The van der Waals surface area contributed by atoms with Crippen molar-refractivity contribution >= 4 is 35.9 Å². The van der Waals surface area contributed by atoms with Crippen LogP contribution in [0.3, 0.4) is 0 Å². The largest absolute Gasteiger partial charge is 0.493 e. The average Bonchev–Trinajstić information content (AvgIpc) is 3.25. The molecule has 1 heterocycles. The molecule has 2 N–H and O–H groups in total. The van der Waals surface area contributed by atoms with E-state index in [9.17, 15) is 4.79 Å². The van der Waals surface area contributed by atoms with Gasteiger partial charge in [-0.2, -0.15) is 0 Å². The van der Waals surface area contributed by atoms with Gasteiger partial charge in [0.05, 0.1) is 20.3 Å². The second-order valence-corrected chi connectivity index (χ2v) is 7.39. The van der Waals surface area contributed by atoms with Crippen molar-refractivity contribution in [2.75, 3.05) is 40.5 Å².